The van der Waals surface area contributed by atoms with E-state index in [9.17, 15) is 13.2 Å². The third-order valence-electron chi connectivity index (χ3n) is 3.63. The van der Waals surface area contributed by atoms with E-state index in [-0.39, 0.29) is 0 Å². The number of nitrogens with zero attached hydrogens (tertiary/aromatic N) is 2. The van der Waals surface area contributed by atoms with Crippen LogP contribution in [0.2, 0.25) is 0 Å². The number of hydrogen-bond donors (Lipinski definition) is 0. The van der Waals surface area contributed by atoms with Crippen molar-refractivity contribution in [3.05, 3.63) is 35.4 Å². The summed E-state index contributed by atoms with van der Waals surface area (Å²) in [6.45, 7) is 2.02. The summed E-state index contributed by atoms with van der Waals surface area (Å²) in [5.74, 6) is 0. The van der Waals surface area contributed by atoms with Gasteiger partial charge in [-0.25, -0.2) is 0 Å². The Morgan fingerprint density at radius 1 is 1.42 bits per heavy atom. The number of likely N-dealkylation sites (tertiary alicyclic amines) is 1. The maximum absolute atomic E-state index is 12.9. The average molecular weight is 271 g/mol. The van der Waals surface area contributed by atoms with Gasteiger partial charge in [-0.15, -0.1) is 0 Å². The highest BCUT2D eigenvalue weighted by Gasteiger charge is 2.34. The summed E-state index contributed by atoms with van der Waals surface area (Å²) in [5, 5.41) is 0. The lowest BCUT2D eigenvalue weighted by Crippen LogP contribution is -2.31. The maximum atomic E-state index is 12.9. The van der Waals surface area contributed by atoms with Crippen molar-refractivity contribution >= 4 is 0 Å². The van der Waals surface area contributed by atoms with Gasteiger partial charge in [0.15, 0.2) is 0 Å². The quantitative estimate of drug-likeness (QED) is 0.834. The summed E-state index contributed by atoms with van der Waals surface area (Å²) in [4.78, 5) is 4.21. The monoisotopic (exact) mass is 271 g/mol. The van der Waals surface area contributed by atoms with Crippen LogP contribution in [0.4, 0.5) is 13.2 Å². The van der Waals surface area contributed by atoms with Crippen LogP contribution < -0.4 is 0 Å². The fourth-order valence-electron chi connectivity index (χ4n) is 2.48. The lowest BCUT2D eigenvalue weighted by molar-refractivity contribution is -0.138. The standard InChI is InChI=1S/C14H18F3N2/c1-18(2)12-7-8-19(10-12)9-11-5-3-4-6-13(11)14(15,16)17/h3,5-6,12H,7-10H2,1-2H3/t12-/m0/s1. The minimum atomic E-state index is -4.30. The molecule has 2 rings (SSSR count). The van der Waals surface area contributed by atoms with Gasteiger partial charge in [-0.2, -0.15) is 13.2 Å². The first-order chi connectivity index (χ1) is 8.88. The fraction of sp³-hybridized carbons (Fsp3) is 0.571. The van der Waals surface area contributed by atoms with E-state index in [2.05, 4.69) is 15.9 Å². The second kappa shape index (κ2) is 5.51. The maximum Gasteiger partial charge on any atom is 0.416 e. The van der Waals surface area contributed by atoms with E-state index in [1.165, 1.54) is 6.07 Å². The largest absolute Gasteiger partial charge is 0.416 e. The Hall–Kier alpha value is -1.07. The van der Waals surface area contributed by atoms with Gasteiger partial charge in [0.2, 0.25) is 0 Å². The van der Waals surface area contributed by atoms with Crippen LogP contribution in [-0.2, 0) is 12.7 Å². The Kier molecular flexibility index (Phi) is 4.16. The molecule has 1 heterocycles. The molecule has 1 fully saturated rings. The van der Waals surface area contributed by atoms with Crippen LogP contribution >= 0.6 is 0 Å². The van der Waals surface area contributed by atoms with Crippen molar-refractivity contribution in [3.8, 4) is 0 Å². The van der Waals surface area contributed by atoms with E-state index in [0.29, 0.717) is 18.2 Å². The Bertz CT molecular complexity index is 429. The Balaban J connectivity index is 2.08. The van der Waals surface area contributed by atoms with Gasteiger partial charge in [0.25, 0.3) is 0 Å². The molecule has 1 aliphatic rings. The van der Waals surface area contributed by atoms with Crippen molar-refractivity contribution < 1.29 is 13.2 Å². The molecule has 0 N–H and O–H groups in total. The van der Waals surface area contributed by atoms with E-state index >= 15 is 0 Å². The van der Waals surface area contributed by atoms with E-state index in [4.69, 9.17) is 0 Å². The van der Waals surface area contributed by atoms with Crippen molar-refractivity contribution in [1.29, 1.82) is 0 Å². The topological polar surface area (TPSA) is 6.48 Å². The van der Waals surface area contributed by atoms with Crippen molar-refractivity contribution in [2.75, 3.05) is 27.2 Å². The van der Waals surface area contributed by atoms with Gasteiger partial charge in [0, 0.05) is 25.7 Å². The van der Waals surface area contributed by atoms with Gasteiger partial charge in [-0.05, 0) is 38.2 Å². The molecule has 1 atom stereocenters. The molecule has 0 unspecified atom stereocenters. The Morgan fingerprint density at radius 2 is 2.16 bits per heavy atom. The smallest absolute Gasteiger partial charge is 0.305 e. The summed E-state index contributed by atoms with van der Waals surface area (Å²) < 4.78 is 38.6. The van der Waals surface area contributed by atoms with Gasteiger partial charge in [0.1, 0.15) is 0 Å². The lowest BCUT2D eigenvalue weighted by Gasteiger charge is -2.21. The van der Waals surface area contributed by atoms with Crippen LogP contribution in [0.5, 0.6) is 0 Å². The van der Waals surface area contributed by atoms with Crippen LogP contribution in [0.25, 0.3) is 0 Å². The average Bonchev–Trinajstić information content (AvgIpc) is 2.77. The van der Waals surface area contributed by atoms with Crippen molar-refractivity contribution in [3.63, 3.8) is 0 Å². The van der Waals surface area contributed by atoms with Gasteiger partial charge >= 0.3 is 6.18 Å². The van der Waals surface area contributed by atoms with Gasteiger partial charge in [-0.3, -0.25) is 4.90 Å². The molecule has 0 bridgehead atoms. The Morgan fingerprint density at radius 3 is 2.74 bits per heavy atom. The summed E-state index contributed by atoms with van der Waals surface area (Å²) in [6, 6.07) is 7.05. The lowest BCUT2D eigenvalue weighted by atomic mass is 10.1. The fourth-order valence-corrected chi connectivity index (χ4v) is 2.48. The molecule has 0 aliphatic carbocycles. The SMILES string of the molecule is CN(C)[C@H]1CCN(Cc2cc[c]cc2C(F)(F)F)C1. The minimum Gasteiger partial charge on any atom is -0.305 e. The molecule has 0 spiro atoms. The van der Waals surface area contributed by atoms with Gasteiger partial charge in [-0.1, -0.05) is 12.1 Å². The number of benzene rings is 1. The molecule has 105 valence electrons. The molecule has 2 nitrogen and oxygen atoms in total. The molecule has 1 radical (unpaired) electrons. The molecule has 19 heavy (non-hydrogen) atoms. The van der Waals surface area contributed by atoms with Crippen LogP contribution in [-0.4, -0.2) is 43.0 Å². The zero-order valence-electron chi connectivity index (χ0n) is 11.2. The van der Waals surface area contributed by atoms with Crippen molar-refractivity contribution in [2.45, 2.75) is 25.2 Å². The molecule has 1 aromatic rings. The van der Waals surface area contributed by atoms with E-state index in [1.54, 1.807) is 6.07 Å². The summed E-state index contributed by atoms with van der Waals surface area (Å²) in [5.41, 5.74) is -0.228. The molecule has 0 saturated carbocycles. The van der Waals surface area contributed by atoms with E-state index < -0.39 is 11.7 Å². The first kappa shape index (κ1) is 14.3. The first-order valence-electron chi connectivity index (χ1n) is 6.33. The normalized spacial score (nSPS) is 21.3. The summed E-state index contributed by atoms with van der Waals surface area (Å²) in [7, 11) is 4.01. The predicted molar refractivity (Wildman–Crippen MR) is 67.6 cm³/mol. The zero-order chi connectivity index (χ0) is 14.0. The zero-order valence-corrected chi connectivity index (χ0v) is 11.2. The van der Waals surface area contributed by atoms with Crippen molar-refractivity contribution in [1.82, 2.24) is 9.80 Å². The minimum absolute atomic E-state index is 0.339. The van der Waals surface area contributed by atoms with E-state index in [0.717, 1.165) is 25.6 Å². The first-order valence-corrected chi connectivity index (χ1v) is 6.33. The van der Waals surface area contributed by atoms with Crippen LogP contribution in [0.1, 0.15) is 17.5 Å². The third kappa shape index (κ3) is 3.48. The number of halogens is 3. The molecule has 0 aromatic heterocycles. The second-order valence-corrected chi connectivity index (χ2v) is 5.22. The number of likely N-dealkylation sites (N-methyl/N-ethyl adjacent to an activating group) is 1. The molecule has 0 amide bonds. The van der Waals surface area contributed by atoms with Crippen LogP contribution in [0.15, 0.2) is 18.2 Å². The van der Waals surface area contributed by atoms with Crippen LogP contribution in [0.3, 0.4) is 0 Å². The number of rotatable bonds is 3. The summed E-state index contributed by atoms with van der Waals surface area (Å²) in [6.07, 6.45) is -3.29. The van der Waals surface area contributed by atoms with Crippen molar-refractivity contribution in [2.24, 2.45) is 0 Å². The molecular formula is C14H18F3N2. The highest BCUT2D eigenvalue weighted by molar-refractivity contribution is 5.29. The van der Waals surface area contributed by atoms with E-state index in [1.807, 2.05) is 14.1 Å². The van der Waals surface area contributed by atoms with Gasteiger partial charge in [0.05, 0.1) is 5.56 Å². The second-order valence-electron chi connectivity index (χ2n) is 5.22. The molecule has 1 aromatic carbocycles. The van der Waals surface area contributed by atoms with Crippen LogP contribution in [0, 0.1) is 6.07 Å². The molecule has 1 saturated heterocycles. The molecular weight excluding hydrogens is 253 g/mol. The highest BCUT2D eigenvalue weighted by Crippen LogP contribution is 2.32. The summed E-state index contributed by atoms with van der Waals surface area (Å²) >= 11 is 0. The predicted octanol–water partition coefficient (Wildman–Crippen LogP) is 2.64. The third-order valence-corrected chi connectivity index (χ3v) is 3.63. The number of alkyl halides is 3. The molecule has 1 aliphatic heterocycles. The number of hydrogen-bond acceptors (Lipinski definition) is 2. The molecule has 5 heteroatoms. The van der Waals surface area contributed by atoms with Gasteiger partial charge < -0.3 is 4.90 Å². The highest BCUT2D eigenvalue weighted by atomic mass is 19.4. The Labute approximate surface area is 111 Å².